The van der Waals surface area contributed by atoms with Crippen molar-refractivity contribution in [3.8, 4) is 0 Å². The van der Waals surface area contributed by atoms with E-state index in [-0.39, 0.29) is 24.6 Å². The first-order chi connectivity index (χ1) is 16.7. The standard InChI is InChI=1S/C25H30N4O5S/c1-16-12-17(2)23(18(3)13-16)35(32,33)29-10-11-34-22(29)15-28-25(31)24(30)26-9-8-19-14-27-21-7-5-4-6-20(19)21/h4-7,12-14,22,27H,8-11,15H2,1-3H3,(H,26,30)(H,28,31)/t22-/m1/s1. The number of sulfonamides is 1. The number of aromatic nitrogens is 1. The molecule has 4 rings (SSSR count). The molecule has 2 amide bonds. The highest BCUT2D eigenvalue weighted by atomic mass is 32.2. The summed E-state index contributed by atoms with van der Waals surface area (Å²) in [5.74, 6) is -1.61. The van der Waals surface area contributed by atoms with Gasteiger partial charge < -0.3 is 20.4 Å². The van der Waals surface area contributed by atoms with Gasteiger partial charge in [-0.05, 0) is 49.9 Å². The molecule has 3 N–H and O–H groups in total. The highest BCUT2D eigenvalue weighted by Gasteiger charge is 2.38. The third kappa shape index (κ3) is 5.24. The number of hydrogen-bond donors (Lipinski definition) is 3. The van der Waals surface area contributed by atoms with E-state index in [1.165, 1.54) is 4.31 Å². The lowest BCUT2D eigenvalue weighted by Crippen LogP contribution is -2.47. The Morgan fingerprint density at radius 3 is 2.51 bits per heavy atom. The van der Waals surface area contributed by atoms with Gasteiger partial charge in [-0.2, -0.15) is 4.31 Å². The van der Waals surface area contributed by atoms with Gasteiger partial charge in [0, 0.05) is 30.2 Å². The maximum atomic E-state index is 13.4. The maximum absolute atomic E-state index is 13.4. The van der Waals surface area contributed by atoms with E-state index in [2.05, 4.69) is 15.6 Å². The average Bonchev–Trinajstić information content (AvgIpc) is 3.44. The second-order valence-electron chi connectivity index (χ2n) is 8.74. The molecule has 0 unspecified atom stereocenters. The molecular formula is C25H30N4O5S. The first-order valence-electron chi connectivity index (χ1n) is 11.5. The van der Waals surface area contributed by atoms with Gasteiger partial charge in [0.1, 0.15) is 6.23 Å². The average molecular weight is 499 g/mol. The van der Waals surface area contributed by atoms with Crippen LogP contribution in [0.2, 0.25) is 0 Å². The molecule has 1 saturated heterocycles. The molecule has 2 aromatic carbocycles. The molecule has 1 aromatic heterocycles. The van der Waals surface area contributed by atoms with Crippen molar-refractivity contribution in [3.63, 3.8) is 0 Å². The van der Waals surface area contributed by atoms with Crippen LogP contribution < -0.4 is 10.6 Å². The quantitative estimate of drug-likeness (QED) is 0.430. The number of nitrogens with zero attached hydrogens (tertiary/aromatic N) is 1. The number of H-pyrrole nitrogens is 1. The minimum Gasteiger partial charge on any atom is -0.361 e. The fourth-order valence-corrected chi connectivity index (χ4v) is 6.55. The van der Waals surface area contributed by atoms with Crippen molar-refractivity contribution in [1.29, 1.82) is 0 Å². The van der Waals surface area contributed by atoms with Crippen molar-refractivity contribution in [3.05, 3.63) is 64.8 Å². The van der Waals surface area contributed by atoms with Gasteiger partial charge in [0.2, 0.25) is 10.0 Å². The highest BCUT2D eigenvalue weighted by Crippen LogP contribution is 2.28. The predicted molar refractivity (Wildman–Crippen MR) is 132 cm³/mol. The van der Waals surface area contributed by atoms with Crippen LogP contribution in [0, 0.1) is 20.8 Å². The largest absolute Gasteiger partial charge is 0.361 e. The zero-order valence-electron chi connectivity index (χ0n) is 20.1. The molecule has 9 nitrogen and oxygen atoms in total. The molecule has 1 fully saturated rings. The molecule has 10 heteroatoms. The normalized spacial score (nSPS) is 16.5. The van der Waals surface area contributed by atoms with Gasteiger partial charge in [-0.3, -0.25) is 9.59 Å². The Morgan fingerprint density at radius 2 is 1.77 bits per heavy atom. The SMILES string of the molecule is Cc1cc(C)c(S(=O)(=O)N2CCO[C@@H]2CNC(=O)C(=O)NCCc2c[nH]c3ccccc23)c(C)c1. The van der Waals surface area contributed by atoms with Crippen LogP contribution in [0.15, 0.2) is 47.5 Å². The molecule has 2 heterocycles. The van der Waals surface area contributed by atoms with Gasteiger partial charge in [-0.15, -0.1) is 0 Å². The fourth-order valence-electron chi connectivity index (χ4n) is 4.62. The number of amides is 2. The topological polar surface area (TPSA) is 121 Å². The number of nitrogens with one attached hydrogen (secondary N) is 3. The van der Waals surface area contributed by atoms with E-state index in [1.807, 2.05) is 49.5 Å². The third-order valence-electron chi connectivity index (χ3n) is 6.11. The Labute approximate surface area is 204 Å². The van der Waals surface area contributed by atoms with Crippen LogP contribution in [-0.4, -0.2) is 62.0 Å². The van der Waals surface area contributed by atoms with Crippen LogP contribution in [0.3, 0.4) is 0 Å². The van der Waals surface area contributed by atoms with Crippen molar-refractivity contribution >= 4 is 32.7 Å². The molecule has 186 valence electrons. The Balaban J connectivity index is 1.32. The number of carbonyl (C=O) groups is 2. The lowest BCUT2D eigenvalue weighted by molar-refractivity contribution is -0.139. The van der Waals surface area contributed by atoms with Crippen LogP contribution in [0.25, 0.3) is 10.9 Å². The molecule has 1 aliphatic heterocycles. The zero-order valence-corrected chi connectivity index (χ0v) is 20.9. The van der Waals surface area contributed by atoms with E-state index in [0.717, 1.165) is 22.0 Å². The zero-order chi connectivity index (χ0) is 25.2. The van der Waals surface area contributed by atoms with Gasteiger partial charge >= 0.3 is 11.8 Å². The smallest absolute Gasteiger partial charge is 0.309 e. The minimum atomic E-state index is -3.84. The highest BCUT2D eigenvalue weighted by molar-refractivity contribution is 7.89. The summed E-state index contributed by atoms with van der Waals surface area (Å²) in [5.41, 5.74) is 4.36. The molecule has 0 spiro atoms. The summed E-state index contributed by atoms with van der Waals surface area (Å²) in [6.07, 6.45) is 1.57. The molecule has 3 aromatic rings. The second-order valence-corrected chi connectivity index (χ2v) is 10.6. The van der Waals surface area contributed by atoms with E-state index >= 15 is 0 Å². The van der Waals surface area contributed by atoms with E-state index in [0.29, 0.717) is 24.1 Å². The molecule has 0 saturated carbocycles. The van der Waals surface area contributed by atoms with Gasteiger partial charge in [0.25, 0.3) is 0 Å². The molecule has 0 bridgehead atoms. The number of ether oxygens (including phenoxy) is 1. The van der Waals surface area contributed by atoms with Crippen LogP contribution in [0.4, 0.5) is 0 Å². The lowest BCUT2D eigenvalue weighted by Gasteiger charge is -2.24. The Morgan fingerprint density at radius 1 is 1.09 bits per heavy atom. The summed E-state index contributed by atoms with van der Waals surface area (Å²) in [5, 5.41) is 6.19. The van der Waals surface area contributed by atoms with Crippen molar-refractivity contribution in [2.45, 2.75) is 38.3 Å². The van der Waals surface area contributed by atoms with Gasteiger partial charge in [0.15, 0.2) is 0 Å². The Hall–Kier alpha value is -3.21. The number of benzene rings is 2. The van der Waals surface area contributed by atoms with Gasteiger partial charge in [0.05, 0.1) is 18.0 Å². The number of aromatic amines is 1. The van der Waals surface area contributed by atoms with Crippen molar-refractivity contribution in [1.82, 2.24) is 19.9 Å². The summed E-state index contributed by atoms with van der Waals surface area (Å²) >= 11 is 0. The van der Waals surface area contributed by atoms with Crippen LogP contribution in [-0.2, 0) is 30.8 Å². The van der Waals surface area contributed by atoms with Gasteiger partial charge in [-0.1, -0.05) is 35.9 Å². The molecule has 35 heavy (non-hydrogen) atoms. The molecular weight excluding hydrogens is 468 g/mol. The summed E-state index contributed by atoms with van der Waals surface area (Å²) in [6.45, 7) is 5.99. The van der Waals surface area contributed by atoms with E-state index < -0.39 is 28.1 Å². The molecule has 0 radical (unpaired) electrons. The van der Waals surface area contributed by atoms with E-state index in [1.54, 1.807) is 13.8 Å². The van der Waals surface area contributed by atoms with Crippen LogP contribution in [0.5, 0.6) is 0 Å². The summed E-state index contributed by atoms with van der Waals surface area (Å²) in [4.78, 5) is 28.0. The van der Waals surface area contributed by atoms with Crippen LogP contribution in [0.1, 0.15) is 22.3 Å². The number of rotatable bonds is 7. The van der Waals surface area contributed by atoms with E-state index in [9.17, 15) is 18.0 Å². The number of carbonyl (C=O) groups excluding carboxylic acids is 2. The monoisotopic (exact) mass is 498 g/mol. The van der Waals surface area contributed by atoms with Crippen molar-refractivity contribution in [2.75, 3.05) is 26.2 Å². The van der Waals surface area contributed by atoms with Crippen LogP contribution >= 0.6 is 0 Å². The molecule has 1 atom stereocenters. The second kappa shape index (κ2) is 10.2. The summed E-state index contributed by atoms with van der Waals surface area (Å²) in [7, 11) is -3.84. The number of para-hydroxylation sites is 1. The fraction of sp³-hybridized carbons (Fsp3) is 0.360. The summed E-state index contributed by atoms with van der Waals surface area (Å²) < 4.78 is 33.6. The number of fused-ring (bicyclic) bond motifs is 1. The summed E-state index contributed by atoms with van der Waals surface area (Å²) in [6, 6.07) is 11.5. The third-order valence-corrected chi connectivity index (χ3v) is 8.31. The van der Waals surface area contributed by atoms with E-state index in [4.69, 9.17) is 4.74 Å². The van der Waals surface area contributed by atoms with Crippen molar-refractivity contribution < 1.29 is 22.7 Å². The maximum Gasteiger partial charge on any atom is 0.309 e. The lowest BCUT2D eigenvalue weighted by atomic mass is 10.1. The molecule has 1 aliphatic rings. The first kappa shape index (κ1) is 24.9. The first-order valence-corrected chi connectivity index (χ1v) is 12.9. The van der Waals surface area contributed by atoms with Gasteiger partial charge in [-0.25, -0.2) is 8.42 Å². The minimum absolute atomic E-state index is 0.127. The van der Waals surface area contributed by atoms with Crippen molar-refractivity contribution in [2.24, 2.45) is 0 Å². The molecule has 0 aliphatic carbocycles. The Bertz CT molecular complexity index is 1340. The predicted octanol–water partition coefficient (Wildman–Crippen LogP) is 1.92. The number of aryl methyl sites for hydroxylation is 3. The number of hydrogen-bond acceptors (Lipinski definition) is 5. The Kier molecular flexibility index (Phi) is 7.25.